The summed E-state index contributed by atoms with van der Waals surface area (Å²) in [4.78, 5) is 0.866. The predicted molar refractivity (Wildman–Crippen MR) is 79.0 cm³/mol. The van der Waals surface area contributed by atoms with Crippen molar-refractivity contribution in [3.05, 3.63) is 29.6 Å². The standard InChI is InChI=1S/C16H22FNS/c1-11(12-5-2-3-6-12)18-15-9-10-19-16-13(15)7-4-8-14(16)17/h4,7-8,11-12,15,18H,2-3,5-6,9-10H2,1H3. The number of benzene rings is 1. The SMILES string of the molecule is CC(NC1CCSc2c(F)cccc21)C1CCCC1. The van der Waals surface area contributed by atoms with Crippen molar-refractivity contribution in [2.45, 2.75) is 56.0 Å². The summed E-state index contributed by atoms with van der Waals surface area (Å²) in [6.45, 7) is 2.30. The maximum Gasteiger partial charge on any atom is 0.137 e. The van der Waals surface area contributed by atoms with Crippen LogP contribution in [0.15, 0.2) is 23.1 Å². The molecular weight excluding hydrogens is 257 g/mol. The molecule has 1 aliphatic carbocycles. The summed E-state index contributed by atoms with van der Waals surface area (Å²) in [6.07, 6.45) is 6.57. The van der Waals surface area contributed by atoms with Crippen LogP contribution >= 0.6 is 11.8 Å². The molecule has 0 saturated heterocycles. The van der Waals surface area contributed by atoms with Gasteiger partial charge < -0.3 is 5.32 Å². The Hall–Kier alpha value is -0.540. The van der Waals surface area contributed by atoms with Crippen LogP contribution in [0.2, 0.25) is 0 Å². The minimum atomic E-state index is -0.0532. The molecule has 2 atom stereocenters. The Morgan fingerprint density at radius 3 is 2.84 bits per heavy atom. The first-order valence-electron chi connectivity index (χ1n) is 7.43. The first kappa shape index (κ1) is 13.4. The van der Waals surface area contributed by atoms with Crippen molar-refractivity contribution in [3.63, 3.8) is 0 Å². The minimum Gasteiger partial charge on any atom is -0.307 e. The highest BCUT2D eigenvalue weighted by Gasteiger charge is 2.27. The number of thioether (sulfide) groups is 1. The lowest BCUT2D eigenvalue weighted by molar-refractivity contribution is 0.335. The highest BCUT2D eigenvalue weighted by molar-refractivity contribution is 7.99. The predicted octanol–water partition coefficient (Wildman–Crippen LogP) is 4.53. The van der Waals surface area contributed by atoms with Crippen LogP contribution in [-0.2, 0) is 0 Å². The minimum absolute atomic E-state index is 0.0532. The molecule has 0 bridgehead atoms. The third-order valence-electron chi connectivity index (χ3n) is 4.60. The number of halogens is 1. The monoisotopic (exact) mass is 279 g/mol. The molecule has 1 saturated carbocycles. The van der Waals surface area contributed by atoms with E-state index in [0.717, 1.165) is 23.0 Å². The molecule has 1 fully saturated rings. The maximum absolute atomic E-state index is 13.8. The van der Waals surface area contributed by atoms with Crippen molar-refractivity contribution in [2.24, 2.45) is 5.92 Å². The Balaban J connectivity index is 1.74. The zero-order chi connectivity index (χ0) is 13.2. The average molecular weight is 279 g/mol. The van der Waals surface area contributed by atoms with Crippen LogP contribution in [0.4, 0.5) is 4.39 Å². The van der Waals surface area contributed by atoms with E-state index in [1.807, 2.05) is 6.07 Å². The Morgan fingerprint density at radius 2 is 2.05 bits per heavy atom. The van der Waals surface area contributed by atoms with Crippen molar-refractivity contribution < 1.29 is 4.39 Å². The molecule has 3 rings (SSSR count). The van der Waals surface area contributed by atoms with Gasteiger partial charge in [0.1, 0.15) is 5.82 Å². The fourth-order valence-electron chi connectivity index (χ4n) is 3.47. The van der Waals surface area contributed by atoms with E-state index < -0.39 is 0 Å². The maximum atomic E-state index is 13.8. The number of hydrogen-bond acceptors (Lipinski definition) is 2. The van der Waals surface area contributed by atoms with Gasteiger partial charge in [-0.3, -0.25) is 0 Å². The Morgan fingerprint density at radius 1 is 1.26 bits per heavy atom. The zero-order valence-electron chi connectivity index (χ0n) is 11.5. The molecule has 0 aromatic heterocycles. The summed E-state index contributed by atoms with van der Waals surface area (Å²) in [7, 11) is 0. The first-order chi connectivity index (χ1) is 9.25. The number of rotatable bonds is 3. The quantitative estimate of drug-likeness (QED) is 0.872. The van der Waals surface area contributed by atoms with Crippen LogP contribution in [0.1, 0.15) is 50.6 Å². The van der Waals surface area contributed by atoms with Gasteiger partial charge in [0.25, 0.3) is 0 Å². The average Bonchev–Trinajstić information content (AvgIpc) is 2.94. The Labute approximate surface area is 119 Å². The number of nitrogens with one attached hydrogen (secondary N) is 1. The zero-order valence-corrected chi connectivity index (χ0v) is 12.3. The molecule has 1 aromatic rings. The van der Waals surface area contributed by atoms with Crippen molar-refractivity contribution in [2.75, 3.05) is 5.75 Å². The van der Waals surface area contributed by atoms with Gasteiger partial charge in [0.15, 0.2) is 0 Å². The van der Waals surface area contributed by atoms with Gasteiger partial charge in [-0.15, -0.1) is 11.8 Å². The summed E-state index contributed by atoms with van der Waals surface area (Å²) < 4.78 is 13.8. The highest BCUT2D eigenvalue weighted by Crippen LogP contribution is 2.38. The summed E-state index contributed by atoms with van der Waals surface area (Å²) in [5.41, 5.74) is 1.17. The van der Waals surface area contributed by atoms with Gasteiger partial charge in [0.05, 0.1) is 0 Å². The van der Waals surface area contributed by atoms with Crippen LogP contribution in [0.25, 0.3) is 0 Å². The molecular formula is C16H22FNS. The summed E-state index contributed by atoms with van der Waals surface area (Å²) >= 11 is 1.66. The lowest BCUT2D eigenvalue weighted by Crippen LogP contribution is -2.36. The molecule has 104 valence electrons. The topological polar surface area (TPSA) is 12.0 Å². The van der Waals surface area contributed by atoms with Crippen molar-refractivity contribution >= 4 is 11.8 Å². The molecule has 0 spiro atoms. The van der Waals surface area contributed by atoms with Crippen molar-refractivity contribution in [1.82, 2.24) is 5.32 Å². The van der Waals surface area contributed by atoms with E-state index in [-0.39, 0.29) is 5.82 Å². The summed E-state index contributed by atoms with van der Waals surface area (Å²) in [5, 5.41) is 3.76. The van der Waals surface area contributed by atoms with Crippen LogP contribution in [0.3, 0.4) is 0 Å². The van der Waals surface area contributed by atoms with Gasteiger partial charge in [0.2, 0.25) is 0 Å². The summed E-state index contributed by atoms with van der Waals surface area (Å²) in [6, 6.07) is 6.39. The third-order valence-corrected chi connectivity index (χ3v) is 5.76. The van der Waals surface area contributed by atoms with Crippen LogP contribution in [0, 0.1) is 11.7 Å². The smallest absolute Gasteiger partial charge is 0.137 e. The van der Waals surface area contributed by atoms with E-state index in [2.05, 4.69) is 18.3 Å². The van der Waals surface area contributed by atoms with Crippen LogP contribution < -0.4 is 5.32 Å². The van der Waals surface area contributed by atoms with Gasteiger partial charge in [0, 0.05) is 17.0 Å². The molecule has 1 heterocycles. The second kappa shape index (κ2) is 5.84. The molecule has 1 aromatic carbocycles. The molecule has 0 radical (unpaired) electrons. The van der Waals surface area contributed by atoms with E-state index in [1.54, 1.807) is 17.8 Å². The van der Waals surface area contributed by atoms with Gasteiger partial charge in [-0.05, 0) is 49.5 Å². The number of hydrogen-bond donors (Lipinski definition) is 1. The first-order valence-corrected chi connectivity index (χ1v) is 8.41. The fraction of sp³-hybridized carbons (Fsp3) is 0.625. The second-order valence-corrected chi connectivity index (χ2v) is 6.95. The lowest BCUT2D eigenvalue weighted by Gasteiger charge is -2.31. The van der Waals surface area contributed by atoms with Crippen LogP contribution in [-0.4, -0.2) is 11.8 Å². The Bertz CT molecular complexity index is 442. The fourth-order valence-corrected chi connectivity index (χ4v) is 4.61. The molecule has 0 amide bonds. The second-order valence-electron chi connectivity index (χ2n) is 5.85. The summed E-state index contributed by atoms with van der Waals surface area (Å²) in [5.74, 6) is 1.78. The van der Waals surface area contributed by atoms with Gasteiger partial charge in [-0.2, -0.15) is 0 Å². The molecule has 1 N–H and O–H groups in total. The number of fused-ring (bicyclic) bond motifs is 1. The van der Waals surface area contributed by atoms with E-state index in [9.17, 15) is 4.39 Å². The highest BCUT2D eigenvalue weighted by atomic mass is 32.2. The molecule has 2 unspecified atom stereocenters. The van der Waals surface area contributed by atoms with Crippen molar-refractivity contribution in [3.8, 4) is 0 Å². The molecule has 1 nitrogen and oxygen atoms in total. The molecule has 1 aliphatic heterocycles. The van der Waals surface area contributed by atoms with Crippen molar-refractivity contribution in [1.29, 1.82) is 0 Å². The van der Waals surface area contributed by atoms with E-state index in [0.29, 0.717) is 12.1 Å². The molecule has 2 aliphatic rings. The lowest BCUT2D eigenvalue weighted by atomic mass is 9.96. The van der Waals surface area contributed by atoms with Gasteiger partial charge in [-0.1, -0.05) is 25.0 Å². The van der Waals surface area contributed by atoms with Gasteiger partial charge >= 0.3 is 0 Å². The van der Waals surface area contributed by atoms with E-state index >= 15 is 0 Å². The largest absolute Gasteiger partial charge is 0.307 e. The normalized spacial score (nSPS) is 25.3. The Kier molecular flexibility index (Phi) is 4.13. The third kappa shape index (κ3) is 2.82. The molecule has 3 heteroatoms. The van der Waals surface area contributed by atoms with Gasteiger partial charge in [-0.25, -0.2) is 4.39 Å². The van der Waals surface area contributed by atoms with Crippen LogP contribution in [0.5, 0.6) is 0 Å². The van der Waals surface area contributed by atoms with E-state index in [1.165, 1.54) is 31.2 Å². The molecule has 19 heavy (non-hydrogen) atoms. The van der Waals surface area contributed by atoms with E-state index in [4.69, 9.17) is 0 Å².